The van der Waals surface area contributed by atoms with Crippen LogP contribution < -0.4 is 4.74 Å². The number of nitrogens with zero attached hydrogens (tertiary/aromatic N) is 2. The van der Waals surface area contributed by atoms with Crippen LogP contribution in [0, 0.1) is 0 Å². The van der Waals surface area contributed by atoms with Gasteiger partial charge in [-0.1, -0.05) is 11.2 Å². The van der Waals surface area contributed by atoms with Crippen molar-refractivity contribution in [1.82, 2.24) is 10.1 Å². The molecular formula is C13H14N2O5. The Balaban J connectivity index is 1.90. The molecule has 3 rings (SSSR count). The zero-order valence-electron chi connectivity index (χ0n) is 10.9. The molecule has 0 amide bonds. The van der Waals surface area contributed by atoms with Crippen molar-refractivity contribution in [2.45, 2.75) is 6.10 Å². The highest BCUT2D eigenvalue weighted by Crippen LogP contribution is 2.36. The number of para-hydroxylation sites is 1. The maximum atomic E-state index is 10.1. The molecule has 2 heterocycles. The van der Waals surface area contributed by atoms with E-state index in [0.717, 1.165) is 0 Å². The van der Waals surface area contributed by atoms with Gasteiger partial charge in [-0.15, -0.1) is 0 Å². The third-order valence-electron chi connectivity index (χ3n) is 2.99. The lowest BCUT2D eigenvalue weighted by Gasteiger charge is -2.19. The van der Waals surface area contributed by atoms with Crippen molar-refractivity contribution in [1.29, 1.82) is 0 Å². The lowest BCUT2D eigenvalue weighted by molar-refractivity contribution is -0.0941. The highest BCUT2D eigenvalue weighted by Gasteiger charge is 2.24. The van der Waals surface area contributed by atoms with Crippen LogP contribution in [0.5, 0.6) is 11.5 Å². The van der Waals surface area contributed by atoms with Gasteiger partial charge in [0.2, 0.25) is 5.82 Å². The second kappa shape index (κ2) is 5.48. The summed E-state index contributed by atoms with van der Waals surface area (Å²) < 4.78 is 21.0. The number of phenols is 1. The molecule has 0 aliphatic carbocycles. The van der Waals surface area contributed by atoms with Crippen LogP contribution in [0.25, 0.3) is 11.5 Å². The first kappa shape index (κ1) is 12.9. The molecule has 0 bridgehead atoms. The summed E-state index contributed by atoms with van der Waals surface area (Å²) in [5.74, 6) is 0.929. The highest BCUT2D eigenvalue weighted by atomic mass is 16.6. The van der Waals surface area contributed by atoms with Gasteiger partial charge in [0.25, 0.3) is 5.89 Å². The standard InChI is InChI=1S/C13H14N2O5/c1-17-9-4-2-3-8(11(9)16)13-14-12(15-20-13)10-7-18-5-6-19-10/h2-4,10,16H,5-7H2,1H3. The average Bonchev–Trinajstić information content (AvgIpc) is 2.98. The van der Waals surface area contributed by atoms with Gasteiger partial charge >= 0.3 is 0 Å². The van der Waals surface area contributed by atoms with Crippen molar-refractivity contribution in [3.05, 3.63) is 24.0 Å². The average molecular weight is 278 g/mol. The normalized spacial score (nSPS) is 18.9. The molecule has 1 aromatic heterocycles. The quantitative estimate of drug-likeness (QED) is 0.911. The lowest BCUT2D eigenvalue weighted by Crippen LogP contribution is -2.22. The number of phenolic OH excluding ortho intramolecular Hbond substituents is 1. The summed E-state index contributed by atoms with van der Waals surface area (Å²) in [5.41, 5.74) is 0.417. The minimum Gasteiger partial charge on any atom is -0.504 e. The summed E-state index contributed by atoms with van der Waals surface area (Å²) in [6.07, 6.45) is -0.339. The number of rotatable bonds is 3. The number of aromatic hydroxyl groups is 1. The van der Waals surface area contributed by atoms with Crippen LogP contribution in [0.2, 0.25) is 0 Å². The second-order valence-corrected chi connectivity index (χ2v) is 4.25. The molecule has 1 aromatic carbocycles. The molecule has 0 saturated carbocycles. The Hall–Kier alpha value is -2.12. The highest BCUT2D eigenvalue weighted by molar-refractivity contribution is 5.66. The van der Waals surface area contributed by atoms with Crippen LogP contribution in [-0.4, -0.2) is 42.2 Å². The summed E-state index contributed by atoms with van der Waals surface area (Å²) in [6.45, 7) is 1.46. The molecular weight excluding hydrogens is 264 g/mol. The van der Waals surface area contributed by atoms with E-state index in [1.54, 1.807) is 18.2 Å². The molecule has 7 heteroatoms. The van der Waals surface area contributed by atoms with Gasteiger partial charge in [0.05, 0.1) is 32.5 Å². The molecule has 1 unspecified atom stereocenters. The molecule has 20 heavy (non-hydrogen) atoms. The monoisotopic (exact) mass is 278 g/mol. The van der Waals surface area contributed by atoms with Gasteiger partial charge in [0.15, 0.2) is 11.5 Å². The predicted molar refractivity (Wildman–Crippen MR) is 67.5 cm³/mol. The Kier molecular flexibility index (Phi) is 3.53. The van der Waals surface area contributed by atoms with Crippen LogP contribution >= 0.6 is 0 Å². The second-order valence-electron chi connectivity index (χ2n) is 4.25. The Bertz CT molecular complexity index is 592. The molecule has 1 aliphatic rings. The van der Waals surface area contributed by atoms with Gasteiger partial charge in [-0.3, -0.25) is 0 Å². The van der Waals surface area contributed by atoms with Gasteiger partial charge in [-0.25, -0.2) is 0 Å². The summed E-state index contributed by atoms with van der Waals surface area (Å²) in [6, 6.07) is 5.06. The summed E-state index contributed by atoms with van der Waals surface area (Å²) >= 11 is 0. The number of aromatic nitrogens is 2. The first-order valence-electron chi connectivity index (χ1n) is 6.19. The fraction of sp³-hybridized carbons (Fsp3) is 0.385. The minimum atomic E-state index is -0.339. The number of ether oxygens (including phenoxy) is 3. The van der Waals surface area contributed by atoms with Crippen molar-refractivity contribution in [2.24, 2.45) is 0 Å². The Labute approximate surface area is 115 Å². The Morgan fingerprint density at radius 3 is 3.00 bits per heavy atom. The fourth-order valence-corrected chi connectivity index (χ4v) is 1.97. The Morgan fingerprint density at radius 2 is 2.25 bits per heavy atom. The van der Waals surface area contributed by atoms with Crippen molar-refractivity contribution in [3.63, 3.8) is 0 Å². The third kappa shape index (κ3) is 2.33. The van der Waals surface area contributed by atoms with E-state index in [9.17, 15) is 5.11 Å². The first-order chi connectivity index (χ1) is 9.79. The molecule has 1 saturated heterocycles. The van der Waals surface area contributed by atoms with Gasteiger partial charge < -0.3 is 23.8 Å². The number of benzene rings is 1. The van der Waals surface area contributed by atoms with Gasteiger partial charge in [0, 0.05) is 0 Å². The maximum Gasteiger partial charge on any atom is 0.261 e. The van der Waals surface area contributed by atoms with E-state index >= 15 is 0 Å². The van der Waals surface area contributed by atoms with Crippen LogP contribution in [0.15, 0.2) is 22.7 Å². The maximum absolute atomic E-state index is 10.1. The predicted octanol–water partition coefficient (Wildman–Crippen LogP) is 1.54. The first-order valence-corrected chi connectivity index (χ1v) is 6.19. The van der Waals surface area contributed by atoms with Crippen molar-refractivity contribution < 1.29 is 23.8 Å². The topological polar surface area (TPSA) is 86.8 Å². The van der Waals surface area contributed by atoms with Crippen LogP contribution in [-0.2, 0) is 9.47 Å². The van der Waals surface area contributed by atoms with E-state index in [0.29, 0.717) is 37.0 Å². The molecule has 0 radical (unpaired) electrons. The fourth-order valence-electron chi connectivity index (χ4n) is 1.97. The Morgan fingerprint density at radius 1 is 1.35 bits per heavy atom. The van der Waals surface area contributed by atoms with E-state index in [-0.39, 0.29) is 17.7 Å². The van der Waals surface area contributed by atoms with Gasteiger partial charge in [-0.05, 0) is 12.1 Å². The van der Waals surface area contributed by atoms with Gasteiger partial charge in [-0.2, -0.15) is 4.98 Å². The molecule has 1 fully saturated rings. The summed E-state index contributed by atoms with van der Waals surface area (Å²) in [5, 5.41) is 13.9. The molecule has 1 N–H and O–H groups in total. The van der Waals surface area contributed by atoms with E-state index in [2.05, 4.69) is 10.1 Å². The zero-order chi connectivity index (χ0) is 13.9. The molecule has 2 aromatic rings. The van der Waals surface area contributed by atoms with Gasteiger partial charge in [0.1, 0.15) is 6.10 Å². The SMILES string of the molecule is COc1cccc(-c2nc(C3COCCO3)no2)c1O. The van der Waals surface area contributed by atoms with Crippen molar-refractivity contribution >= 4 is 0 Å². The van der Waals surface area contributed by atoms with E-state index < -0.39 is 0 Å². The summed E-state index contributed by atoms with van der Waals surface area (Å²) in [4.78, 5) is 4.24. The molecule has 7 nitrogen and oxygen atoms in total. The number of hydrogen-bond acceptors (Lipinski definition) is 7. The molecule has 1 aliphatic heterocycles. The van der Waals surface area contributed by atoms with Crippen LogP contribution in [0.3, 0.4) is 0 Å². The molecule has 1 atom stereocenters. The van der Waals surface area contributed by atoms with Crippen molar-refractivity contribution in [3.8, 4) is 23.0 Å². The third-order valence-corrected chi connectivity index (χ3v) is 2.99. The summed E-state index contributed by atoms with van der Waals surface area (Å²) in [7, 11) is 1.48. The van der Waals surface area contributed by atoms with Crippen molar-refractivity contribution in [2.75, 3.05) is 26.9 Å². The van der Waals surface area contributed by atoms with Crippen LogP contribution in [0.1, 0.15) is 11.9 Å². The van der Waals surface area contributed by atoms with E-state index in [1.807, 2.05) is 0 Å². The number of methoxy groups -OCH3 is 1. The molecule has 106 valence electrons. The largest absolute Gasteiger partial charge is 0.504 e. The van der Waals surface area contributed by atoms with Crippen LogP contribution in [0.4, 0.5) is 0 Å². The smallest absolute Gasteiger partial charge is 0.261 e. The molecule has 0 spiro atoms. The minimum absolute atomic E-state index is 0.0361. The van der Waals surface area contributed by atoms with E-state index in [1.165, 1.54) is 7.11 Å². The number of hydrogen-bond donors (Lipinski definition) is 1. The lowest BCUT2D eigenvalue weighted by atomic mass is 10.2. The zero-order valence-corrected chi connectivity index (χ0v) is 10.9. The van der Waals surface area contributed by atoms with E-state index in [4.69, 9.17) is 18.7 Å².